The Balaban J connectivity index is 2.21. The van der Waals surface area contributed by atoms with Gasteiger partial charge in [-0.25, -0.2) is 0 Å². The van der Waals surface area contributed by atoms with Crippen LogP contribution in [0, 0.1) is 5.92 Å². The van der Waals surface area contributed by atoms with Gasteiger partial charge in [0.2, 0.25) is 5.91 Å². The lowest BCUT2D eigenvalue weighted by atomic mass is 10.0. The SMILES string of the molecule is CCCc1ccc(NC(=O)CCCCCC(C)C)cc1. The smallest absolute Gasteiger partial charge is 0.224 e. The molecule has 0 saturated heterocycles. The number of anilines is 1. The first kappa shape index (κ1) is 16.7. The van der Waals surface area contributed by atoms with E-state index in [2.05, 4.69) is 38.2 Å². The zero-order chi connectivity index (χ0) is 14.8. The van der Waals surface area contributed by atoms with Crippen molar-refractivity contribution in [2.45, 2.75) is 65.7 Å². The second kappa shape index (κ2) is 9.57. The van der Waals surface area contributed by atoms with Crippen LogP contribution in [-0.4, -0.2) is 5.91 Å². The quantitative estimate of drug-likeness (QED) is 0.618. The van der Waals surface area contributed by atoms with Crippen molar-refractivity contribution in [1.29, 1.82) is 0 Å². The van der Waals surface area contributed by atoms with Crippen molar-refractivity contribution < 1.29 is 4.79 Å². The molecule has 112 valence electrons. The van der Waals surface area contributed by atoms with Gasteiger partial charge in [-0.1, -0.05) is 58.6 Å². The molecule has 2 heteroatoms. The Kier molecular flexibility index (Phi) is 8.01. The Morgan fingerprint density at radius 3 is 2.40 bits per heavy atom. The molecule has 0 aliphatic carbocycles. The molecule has 0 fully saturated rings. The highest BCUT2D eigenvalue weighted by molar-refractivity contribution is 5.90. The second-order valence-electron chi connectivity index (χ2n) is 5.99. The summed E-state index contributed by atoms with van der Waals surface area (Å²) in [7, 11) is 0. The number of nitrogens with one attached hydrogen (secondary N) is 1. The van der Waals surface area contributed by atoms with E-state index in [1.165, 1.54) is 18.4 Å². The van der Waals surface area contributed by atoms with Crippen molar-refractivity contribution in [3.05, 3.63) is 29.8 Å². The Morgan fingerprint density at radius 1 is 1.10 bits per heavy atom. The van der Waals surface area contributed by atoms with Crippen molar-refractivity contribution in [2.75, 3.05) is 5.32 Å². The fraction of sp³-hybridized carbons (Fsp3) is 0.611. The maximum atomic E-state index is 11.8. The maximum Gasteiger partial charge on any atom is 0.224 e. The molecule has 0 aromatic heterocycles. The van der Waals surface area contributed by atoms with Crippen LogP contribution in [0.4, 0.5) is 5.69 Å². The number of aryl methyl sites for hydroxylation is 1. The van der Waals surface area contributed by atoms with Crippen LogP contribution in [0.1, 0.15) is 64.9 Å². The molecule has 1 N–H and O–H groups in total. The number of benzene rings is 1. The van der Waals surface area contributed by atoms with Crippen LogP contribution in [0.25, 0.3) is 0 Å². The van der Waals surface area contributed by atoms with E-state index in [4.69, 9.17) is 0 Å². The summed E-state index contributed by atoms with van der Waals surface area (Å²) in [4.78, 5) is 11.8. The van der Waals surface area contributed by atoms with Gasteiger partial charge in [-0.2, -0.15) is 0 Å². The molecule has 0 heterocycles. The minimum Gasteiger partial charge on any atom is -0.326 e. The summed E-state index contributed by atoms with van der Waals surface area (Å²) in [5, 5.41) is 2.97. The number of hydrogen-bond acceptors (Lipinski definition) is 1. The van der Waals surface area contributed by atoms with Crippen LogP contribution >= 0.6 is 0 Å². The summed E-state index contributed by atoms with van der Waals surface area (Å²) in [5.74, 6) is 0.906. The largest absolute Gasteiger partial charge is 0.326 e. The number of rotatable bonds is 9. The summed E-state index contributed by atoms with van der Waals surface area (Å²) in [6.07, 6.45) is 7.53. The Labute approximate surface area is 124 Å². The first-order chi connectivity index (χ1) is 9.61. The molecule has 20 heavy (non-hydrogen) atoms. The molecule has 0 aliphatic rings. The first-order valence-electron chi connectivity index (χ1n) is 8.00. The standard InChI is InChI=1S/C18H29NO/c1-4-8-16-11-13-17(14-12-16)19-18(20)10-7-5-6-9-15(2)3/h11-15H,4-10H2,1-3H3,(H,19,20). The number of carbonyl (C=O) groups is 1. The van der Waals surface area contributed by atoms with E-state index in [0.717, 1.165) is 37.3 Å². The van der Waals surface area contributed by atoms with E-state index < -0.39 is 0 Å². The third-order valence-electron chi connectivity index (χ3n) is 3.46. The zero-order valence-corrected chi connectivity index (χ0v) is 13.2. The maximum absolute atomic E-state index is 11.8. The molecule has 1 aromatic carbocycles. The van der Waals surface area contributed by atoms with Crippen LogP contribution in [0.3, 0.4) is 0 Å². The van der Waals surface area contributed by atoms with Gasteiger partial charge >= 0.3 is 0 Å². The van der Waals surface area contributed by atoms with Crippen molar-refractivity contribution in [1.82, 2.24) is 0 Å². The molecule has 0 atom stereocenters. The molecule has 0 unspecified atom stereocenters. The second-order valence-corrected chi connectivity index (χ2v) is 5.99. The van der Waals surface area contributed by atoms with Crippen LogP contribution < -0.4 is 5.32 Å². The summed E-state index contributed by atoms with van der Waals surface area (Å²) >= 11 is 0. The summed E-state index contributed by atoms with van der Waals surface area (Å²) in [6, 6.07) is 8.20. The molecule has 0 spiro atoms. The van der Waals surface area contributed by atoms with Gasteiger partial charge < -0.3 is 5.32 Å². The zero-order valence-electron chi connectivity index (χ0n) is 13.2. The highest BCUT2D eigenvalue weighted by atomic mass is 16.1. The average molecular weight is 275 g/mol. The minimum atomic E-state index is 0.137. The number of carbonyl (C=O) groups excluding carboxylic acids is 1. The molecule has 0 aliphatic heterocycles. The molecule has 0 radical (unpaired) electrons. The molecule has 0 saturated carbocycles. The molecule has 1 rings (SSSR count). The fourth-order valence-electron chi connectivity index (χ4n) is 2.28. The van der Waals surface area contributed by atoms with Crippen LogP contribution in [0.2, 0.25) is 0 Å². The lowest BCUT2D eigenvalue weighted by Gasteiger charge is -2.07. The average Bonchev–Trinajstić information content (AvgIpc) is 2.40. The molecule has 0 bridgehead atoms. The molecule has 1 aromatic rings. The number of amides is 1. The number of hydrogen-bond donors (Lipinski definition) is 1. The molecule has 2 nitrogen and oxygen atoms in total. The van der Waals surface area contributed by atoms with Crippen molar-refractivity contribution in [3.8, 4) is 0 Å². The van der Waals surface area contributed by atoms with E-state index in [1.807, 2.05) is 12.1 Å². The third kappa shape index (κ3) is 7.32. The van der Waals surface area contributed by atoms with Crippen molar-refractivity contribution in [3.63, 3.8) is 0 Å². The molecular formula is C18H29NO. The van der Waals surface area contributed by atoms with E-state index in [9.17, 15) is 4.79 Å². The predicted octanol–water partition coefficient (Wildman–Crippen LogP) is 5.18. The Morgan fingerprint density at radius 2 is 1.80 bits per heavy atom. The van der Waals surface area contributed by atoms with E-state index in [1.54, 1.807) is 0 Å². The summed E-state index contributed by atoms with van der Waals surface area (Å²) < 4.78 is 0. The van der Waals surface area contributed by atoms with Crippen molar-refractivity contribution in [2.24, 2.45) is 5.92 Å². The highest BCUT2D eigenvalue weighted by Crippen LogP contribution is 2.13. The minimum absolute atomic E-state index is 0.137. The van der Waals surface area contributed by atoms with Gasteiger partial charge in [-0.05, 0) is 36.5 Å². The van der Waals surface area contributed by atoms with Crippen molar-refractivity contribution >= 4 is 11.6 Å². The van der Waals surface area contributed by atoms with Gasteiger partial charge in [-0.15, -0.1) is 0 Å². The van der Waals surface area contributed by atoms with Gasteiger partial charge in [0, 0.05) is 12.1 Å². The van der Waals surface area contributed by atoms with E-state index >= 15 is 0 Å². The van der Waals surface area contributed by atoms with Gasteiger partial charge in [-0.3, -0.25) is 4.79 Å². The van der Waals surface area contributed by atoms with Crippen LogP contribution in [-0.2, 0) is 11.2 Å². The normalized spacial score (nSPS) is 10.8. The Bertz CT molecular complexity index is 381. The lowest BCUT2D eigenvalue weighted by Crippen LogP contribution is -2.11. The molecule has 1 amide bonds. The third-order valence-corrected chi connectivity index (χ3v) is 3.46. The van der Waals surface area contributed by atoms with Crippen LogP contribution in [0.15, 0.2) is 24.3 Å². The predicted molar refractivity (Wildman–Crippen MR) is 87.0 cm³/mol. The molecular weight excluding hydrogens is 246 g/mol. The first-order valence-corrected chi connectivity index (χ1v) is 8.00. The fourth-order valence-corrected chi connectivity index (χ4v) is 2.28. The number of unbranched alkanes of at least 4 members (excludes halogenated alkanes) is 2. The van der Waals surface area contributed by atoms with Gasteiger partial charge in [0.1, 0.15) is 0 Å². The van der Waals surface area contributed by atoms with Gasteiger partial charge in [0.05, 0.1) is 0 Å². The summed E-state index contributed by atoms with van der Waals surface area (Å²) in [5.41, 5.74) is 2.25. The Hall–Kier alpha value is -1.31. The van der Waals surface area contributed by atoms with E-state index in [0.29, 0.717) is 6.42 Å². The van der Waals surface area contributed by atoms with E-state index in [-0.39, 0.29) is 5.91 Å². The lowest BCUT2D eigenvalue weighted by molar-refractivity contribution is -0.116. The van der Waals surface area contributed by atoms with Gasteiger partial charge in [0.25, 0.3) is 0 Å². The monoisotopic (exact) mass is 275 g/mol. The van der Waals surface area contributed by atoms with Crippen LogP contribution in [0.5, 0.6) is 0 Å². The highest BCUT2D eigenvalue weighted by Gasteiger charge is 2.03. The summed E-state index contributed by atoms with van der Waals surface area (Å²) in [6.45, 7) is 6.67. The topological polar surface area (TPSA) is 29.1 Å². The van der Waals surface area contributed by atoms with Gasteiger partial charge in [0.15, 0.2) is 0 Å².